The molecule has 0 N–H and O–H groups in total. The minimum absolute atomic E-state index is 0.0215. The number of esters is 1. The summed E-state index contributed by atoms with van der Waals surface area (Å²) < 4.78 is 61.1. The molecule has 2 unspecified atom stereocenters. The molecule has 0 fully saturated rings. The Labute approximate surface area is 199 Å². The second kappa shape index (κ2) is 15.1. The highest BCUT2D eigenvalue weighted by Crippen LogP contribution is 2.53. The Morgan fingerprint density at radius 1 is 0.971 bits per heavy atom. The molecule has 0 aliphatic heterocycles. The van der Waals surface area contributed by atoms with Crippen molar-refractivity contribution in [2.45, 2.75) is 46.6 Å². The Hall–Kier alpha value is -2.02. The molecule has 0 spiro atoms. The zero-order valence-corrected chi connectivity index (χ0v) is 21.4. The number of phosphoric ester groups is 2. The maximum absolute atomic E-state index is 12.9. The average Bonchev–Trinajstić information content (AvgIpc) is 2.76. The minimum Gasteiger partial charge on any atom is -0.426 e. The van der Waals surface area contributed by atoms with Crippen LogP contribution in [0.3, 0.4) is 0 Å². The molecule has 0 heterocycles. The van der Waals surface area contributed by atoms with E-state index in [1.807, 2.05) is 0 Å². The number of Topliss-reactive ketones (excluding diaryl/α,β-unsaturated/α-hetero) is 1. The summed E-state index contributed by atoms with van der Waals surface area (Å²) in [6.07, 6.45) is 5.50. The maximum Gasteiger partial charge on any atom is 0.538 e. The van der Waals surface area contributed by atoms with Gasteiger partial charge >= 0.3 is 21.6 Å². The van der Waals surface area contributed by atoms with Gasteiger partial charge in [-0.1, -0.05) is 18.6 Å². The normalized spacial score (nSPS) is 14.0. The summed E-state index contributed by atoms with van der Waals surface area (Å²) in [5.41, 5.74) is 0.172. The van der Waals surface area contributed by atoms with Gasteiger partial charge in [0.05, 0.1) is 38.1 Å². The first-order chi connectivity index (χ1) is 16.1. The van der Waals surface area contributed by atoms with E-state index in [1.54, 1.807) is 39.0 Å². The molecule has 0 saturated carbocycles. The smallest absolute Gasteiger partial charge is 0.426 e. The number of rotatable bonds is 17. The van der Waals surface area contributed by atoms with E-state index >= 15 is 0 Å². The Morgan fingerprint density at radius 2 is 1.56 bits per heavy atom. The molecule has 0 aromatic heterocycles. The van der Waals surface area contributed by atoms with Crippen LogP contribution in [0.25, 0.3) is 0 Å². The highest BCUT2D eigenvalue weighted by atomic mass is 31.2. The van der Waals surface area contributed by atoms with Crippen LogP contribution in [0.1, 0.15) is 50.9 Å². The topological polar surface area (TPSA) is 133 Å². The number of hydrogen-bond acceptors (Lipinski definition) is 11. The van der Waals surface area contributed by atoms with E-state index in [4.69, 9.17) is 33.8 Å². The van der Waals surface area contributed by atoms with Crippen LogP contribution >= 0.6 is 15.6 Å². The molecule has 0 aliphatic carbocycles. The van der Waals surface area contributed by atoms with Gasteiger partial charge in [-0.25, -0.2) is 9.13 Å². The van der Waals surface area contributed by atoms with Gasteiger partial charge in [0.2, 0.25) is 0 Å². The number of ketones is 1. The van der Waals surface area contributed by atoms with Crippen LogP contribution in [0.5, 0.6) is 5.75 Å². The van der Waals surface area contributed by atoms with E-state index in [-0.39, 0.29) is 49.8 Å². The summed E-state index contributed by atoms with van der Waals surface area (Å²) >= 11 is 0. The Kier molecular flexibility index (Phi) is 13.3. The molecule has 0 saturated heterocycles. The summed E-state index contributed by atoms with van der Waals surface area (Å²) in [4.78, 5) is 24.2. The SMILES string of the molecule is C#COP(=O)(OCC)OCC(CCC(=O)c1ccccc1OC(C)=O)OP(=O)(OCC)OCC. The van der Waals surface area contributed by atoms with Gasteiger partial charge in [0.15, 0.2) is 5.78 Å². The highest BCUT2D eigenvalue weighted by Gasteiger charge is 2.34. The van der Waals surface area contributed by atoms with Crippen molar-refractivity contribution in [3.63, 3.8) is 0 Å². The Bertz CT molecular complexity index is 931. The summed E-state index contributed by atoms with van der Waals surface area (Å²) in [5, 5.41) is 0. The van der Waals surface area contributed by atoms with Crippen LogP contribution in [-0.4, -0.2) is 44.3 Å². The Morgan fingerprint density at radius 3 is 2.12 bits per heavy atom. The number of hydrogen-bond donors (Lipinski definition) is 0. The summed E-state index contributed by atoms with van der Waals surface area (Å²) in [7, 11) is -8.15. The molecule has 0 amide bonds. The highest BCUT2D eigenvalue weighted by molar-refractivity contribution is 7.49. The van der Waals surface area contributed by atoms with Crippen molar-refractivity contribution in [3.8, 4) is 18.3 Å². The molecule has 0 aliphatic rings. The van der Waals surface area contributed by atoms with Gasteiger partial charge < -0.3 is 9.26 Å². The molecule has 1 rings (SSSR count). The van der Waals surface area contributed by atoms with Gasteiger partial charge in [0.1, 0.15) is 11.9 Å². The summed E-state index contributed by atoms with van der Waals surface area (Å²) in [5.74, 6) is -0.864. The number of para-hydroxylation sites is 1. The minimum atomic E-state index is -4.13. The third-order valence-corrected chi connectivity index (χ3v) is 6.93. The molecule has 1 aromatic rings. The van der Waals surface area contributed by atoms with Crippen molar-refractivity contribution in [2.24, 2.45) is 0 Å². The van der Waals surface area contributed by atoms with Crippen LogP contribution in [0, 0.1) is 12.5 Å². The largest absolute Gasteiger partial charge is 0.538 e. The lowest BCUT2D eigenvalue weighted by Gasteiger charge is -2.24. The fourth-order valence-corrected chi connectivity index (χ4v) is 4.95. The van der Waals surface area contributed by atoms with Crippen molar-refractivity contribution in [2.75, 3.05) is 26.4 Å². The second-order valence-electron chi connectivity index (χ2n) is 6.43. The first-order valence-corrected chi connectivity index (χ1v) is 13.5. The fourth-order valence-electron chi connectivity index (χ4n) is 2.62. The van der Waals surface area contributed by atoms with Gasteiger partial charge in [0, 0.05) is 13.3 Å². The number of carbonyl (C=O) groups is 2. The zero-order valence-electron chi connectivity index (χ0n) is 19.6. The average molecular weight is 520 g/mol. The van der Waals surface area contributed by atoms with Gasteiger partial charge in [-0.05, 0) is 39.3 Å². The predicted molar refractivity (Wildman–Crippen MR) is 122 cm³/mol. The van der Waals surface area contributed by atoms with E-state index in [9.17, 15) is 18.7 Å². The molecule has 11 nitrogen and oxygen atoms in total. The number of phosphoric acid groups is 2. The molecule has 34 heavy (non-hydrogen) atoms. The zero-order chi connectivity index (χ0) is 25.6. The van der Waals surface area contributed by atoms with E-state index < -0.39 is 34.3 Å². The van der Waals surface area contributed by atoms with Crippen LogP contribution in [-0.2, 0) is 41.1 Å². The van der Waals surface area contributed by atoms with Gasteiger partial charge in [-0.15, -0.1) is 0 Å². The number of ether oxygens (including phenoxy) is 1. The number of benzene rings is 1. The van der Waals surface area contributed by atoms with E-state index in [1.165, 1.54) is 19.1 Å². The van der Waals surface area contributed by atoms with Gasteiger partial charge in [-0.3, -0.25) is 32.2 Å². The molecule has 2 atom stereocenters. The molecule has 0 radical (unpaired) electrons. The van der Waals surface area contributed by atoms with Crippen LogP contribution in [0.15, 0.2) is 24.3 Å². The van der Waals surface area contributed by atoms with Crippen LogP contribution in [0.4, 0.5) is 0 Å². The van der Waals surface area contributed by atoms with Crippen molar-refractivity contribution < 1.29 is 50.6 Å². The summed E-state index contributed by atoms with van der Waals surface area (Å²) in [6, 6.07) is 6.22. The maximum atomic E-state index is 12.9. The quantitative estimate of drug-likeness (QED) is 0.0912. The van der Waals surface area contributed by atoms with Gasteiger partial charge in [-0.2, -0.15) is 0 Å². The molecular formula is C21H30O11P2. The first kappa shape index (κ1) is 30.0. The molecule has 0 bridgehead atoms. The second-order valence-corrected chi connectivity index (χ2v) is 9.65. The lowest BCUT2D eigenvalue weighted by molar-refractivity contribution is -0.131. The first-order valence-electron chi connectivity index (χ1n) is 10.5. The van der Waals surface area contributed by atoms with Crippen molar-refractivity contribution in [1.29, 1.82) is 0 Å². The monoisotopic (exact) mass is 520 g/mol. The molecular weight excluding hydrogens is 490 g/mol. The van der Waals surface area contributed by atoms with E-state index in [0.717, 1.165) is 0 Å². The molecule has 190 valence electrons. The standard InChI is InChI=1S/C21H30O11P2/c1-6-26-33(24,27-7-2)30-16-18(32-34(25,28-8-3)29-9-4)14-15-20(23)19-12-10-11-13-21(19)31-17(5)22/h1,10-13,18H,7-9,14-16H2,2-5H3. The van der Waals surface area contributed by atoms with Crippen molar-refractivity contribution in [3.05, 3.63) is 29.8 Å². The van der Waals surface area contributed by atoms with Crippen molar-refractivity contribution in [1.82, 2.24) is 0 Å². The van der Waals surface area contributed by atoms with Crippen molar-refractivity contribution >= 4 is 27.4 Å². The van der Waals surface area contributed by atoms with Crippen LogP contribution < -0.4 is 4.74 Å². The predicted octanol–water partition coefficient (Wildman–Crippen LogP) is 4.91. The van der Waals surface area contributed by atoms with E-state index in [0.29, 0.717) is 0 Å². The van der Waals surface area contributed by atoms with Crippen LogP contribution in [0.2, 0.25) is 0 Å². The molecule has 13 heteroatoms. The summed E-state index contributed by atoms with van der Waals surface area (Å²) in [6.45, 7) is 5.53. The molecule has 1 aromatic carbocycles. The number of terminal acetylenes is 1. The number of carbonyl (C=O) groups excluding carboxylic acids is 2. The Balaban J connectivity index is 3.05. The third kappa shape index (κ3) is 10.5. The third-order valence-electron chi connectivity index (χ3n) is 3.86. The van der Waals surface area contributed by atoms with E-state index in [2.05, 4.69) is 4.52 Å². The fraction of sp³-hybridized carbons (Fsp3) is 0.524. The van der Waals surface area contributed by atoms with Gasteiger partial charge in [0.25, 0.3) is 0 Å². The lowest BCUT2D eigenvalue weighted by Crippen LogP contribution is -2.22. The lowest BCUT2D eigenvalue weighted by atomic mass is 10.0.